The van der Waals surface area contributed by atoms with Gasteiger partial charge in [-0.15, -0.1) is 0 Å². The Labute approximate surface area is 81.2 Å². The summed E-state index contributed by atoms with van der Waals surface area (Å²) in [6.45, 7) is 7.27. The molecular weight excluding hydrogens is 166 g/mol. The average Bonchev–Trinajstić information content (AvgIpc) is 2.02. The summed E-state index contributed by atoms with van der Waals surface area (Å²) in [4.78, 5) is 0. The molecular formula is C10H23NO2. The summed E-state index contributed by atoms with van der Waals surface area (Å²) in [5.74, 6) is 0.521. The molecule has 0 saturated heterocycles. The van der Waals surface area contributed by atoms with Gasteiger partial charge >= 0.3 is 0 Å². The summed E-state index contributed by atoms with van der Waals surface area (Å²) in [6, 6.07) is 0. The standard InChI is InChI=1S/C10H23NO2/c1-4-9(12)6-11-7-10(13)5-8(2)3/h8-13H,4-7H2,1-3H3. The van der Waals surface area contributed by atoms with Gasteiger partial charge in [-0.1, -0.05) is 20.8 Å². The van der Waals surface area contributed by atoms with Crippen molar-refractivity contribution in [3.63, 3.8) is 0 Å². The van der Waals surface area contributed by atoms with Gasteiger partial charge < -0.3 is 15.5 Å². The molecule has 0 radical (unpaired) electrons. The van der Waals surface area contributed by atoms with Crippen LogP contribution in [0.3, 0.4) is 0 Å². The number of nitrogens with one attached hydrogen (secondary N) is 1. The van der Waals surface area contributed by atoms with Gasteiger partial charge in [0.15, 0.2) is 0 Å². The molecule has 0 aromatic heterocycles. The quantitative estimate of drug-likeness (QED) is 0.554. The third-order valence-corrected chi connectivity index (χ3v) is 1.97. The lowest BCUT2D eigenvalue weighted by Gasteiger charge is -2.15. The van der Waals surface area contributed by atoms with Crippen molar-refractivity contribution < 1.29 is 10.2 Å². The first kappa shape index (κ1) is 12.9. The maximum atomic E-state index is 9.46. The Morgan fingerprint density at radius 3 is 2.08 bits per heavy atom. The van der Waals surface area contributed by atoms with Crippen LogP contribution < -0.4 is 5.32 Å². The summed E-state index contributed by atoms with van der Waals surface area (Å²) in [5, 5.41) is 21.7. The van der Waals surface area contributed by atoms with Gasteiger partial charge in [0.25, 0.3) is 0 Å². The molecule has 13 heavy (non-hydrogen) atoms. The summed E-state index contributed by atoms with van der Waals surface area (Å²) in [6.07, 6.45) is 0.998. The highest BCUT2D eigenvalue weighted by Gasteiger charge is 2.07. The molecule has 0 aliphatic carbocycles. The molecule has 80 valence electrons. The van der Waals surface area contributed by atoms with Crippen LogP contribution in [0.15, 0.2) is 0 Å². The van der Waals surface area contributed by atoms with E-state index in [4.69, 9.17) is 0 Å². The van der Waals surface area contributed by atoms with Crippen molar-refractivity contribution >= 4 is 0 Å². The molecule has 0 bridgehead atoms. The molecule has 0 rings (SSSR count). The highest BCUT2D eigenvalue weighted by molar-refractivity contribution is 4.64. The van der Waals surface area contributed by atoms with Gasteiger partial charge in [-0.25, -0.2) is 0 Å². The molecule has 0 aliphatic rings. The summed E-state index contributed by atoms with van der Waals surface area (Å²) in [7, 11) is 0. The predicted octanol–water partition coefficient (Wildman–Crippen LogP) is 0.754. The Bertz CT molecular complexity index is 117. The van der Waals surface area contributed by atoms with Gasteiger partial charge in [0.1, 0.15) is 0 Å². The number of aliphatic hydroxyl groups is 2. The van der Waals surface area contributed by atoms with Crippen molar-refractivity contribution in [1.29, 1.82) is 0 Å². The van der Waals surface area contributed by atoms with Crippen molar-refractivity contribution in [2.75, 3.05) is 13.1 Å². The van der Waals surface area contributed by atoms with Crippen LogP contribution in [0.25, 0.3) is 0 Å². The Morgan fingerprint density at radius 1 is 1.08 bits per heavy atom. The molecule has 2 unspecified atom stereocenters. The summed E-state index contributed by atoms with van der Waals surface area (Å²) >= 11 is 0. The van der Waals surface area contributed by atoms with E-state index in [9.17, 15) is 10.2 Å². The second-order valence-corrected chi connectivity index (χ2v) is 4.00. The van der Waals surface area contributed by atoms with Crippen molar-refractivity contribution in [2.45, 2.75) is 45.8 Å². The van der Waals surface area contributed by atoms with Gasteiger partial charge in [-0.2, -0.15) is 0 Å². The maximum Gasteiger partial charge on any atom is 0.0667 e. The first-order valence-corrected chi connectivity index (χ1v) is 5.13. The number of hydrogen-bond donors (Lipinski definition) is 3. The van der Waals surface area contributed by atoms with E-state index in [-0.39, 0.29) is 12.2 Å². The molecule has 0 aromatic rings. The molecule has 2 atom stereocenters. The second kappa shape index (κ2) is 7.30. The molecule has 0 saturated carbocycles. The van der Waals surface area contributed by atoms with Crippen LogP contribution in [0.4, 0.5) is 0 Å². The van der Waals surface area contributed by atoms with E-state index < -0.39 is 0 Å². The minimum atomic E-state index is -0.288. The van der Waals surface area contributed by atoms with Gasteiger partial charge in [-0.05, 0) is 18.8 Å². The lowest BCUT2D eigenvalue weighted by molar-refractivity contribution is 0.129. The van der Waals surface area contributed by atoms with Gasteiger partial charge in [0, 0.05) is 13.1 Å². The van der Waals surface area contributed by atoms with Crippen LogP contribution in [0, 0.1) is 5.92 Å². The molecule has 0 spiro atoms. The Hall–Kier alpha value is -0.120. The van der Waals surface area contributed by atoms with Crippen LogP contribution in [0.1, 0.15) is 33.6 Å². The number of rotatable bonds is 7. The topological polar surface area (TPSA) is 52.5 Å². The molecule has 0 amide bonds. The Kier molecular flexibility index (Phi) is 7.23. The highest BCUT2D eigenvalue weighted by atomic mass is 16.3. The first-order chi connectivity index (χ1) is 6.06. The molecule has 0 heterocycles. The van der Waals surface area contributed by atoms with Gasteiger partial charge in [-0.3, -0.25) is 0 Å². The minimum Gasteiger partial charge on any atom is -0.392 e. The minimum absolute atomic E-state index is 0.286. The zero-order chi connectivity index (χ0) is 10.3. The first-order valence-electron chi connectivity index (χ1n) is 5.13. The van der Waals surface area contributed by atoms with E-state index in [1.165, 1.54) is 0 Å². The third-order valence-electron chi connectivity index (χ3n) is 1.97. The van der Waals surface area contributed by atoms with Crippen LogP contribution in [-0.2, 0) is 0 Å². The smallest absolute Gasteiger partial charge is 0.0667 e. The SMILES string of the molecule is CCC(O)CNCC(O)CC(C)C. The van der Waals surface area contributed by atoms with Crippen molar-refractivity contribution in [3.05, 3.63) is 0 Å². The zero-order valence-corrected chi connectivity index (χ0v) is 8.95. The van der Waals surface area contributed by atoms with Crippen LogP contribution in [0.5, 0.6) is 0 Å². The molecule has 3 heteroatoms. The van der Waals surface area contributed by atoms with Crippen molar-refractivity contribution in [3.8, 4) is 0 Å². The lowest BCUT2D eigenvalue weighted by Crippen LogP contribution is -2.33. The predicted molar refractivity (Wildman–Crippen MR) is 54.6 cm³/mol. The Balaban J connectivity index is 3.31. The normalized spacial score (nSPS) is 16.2. The highest BCUT2D eigenvalue weighted by Crippen LogP contribution is 2.03. The molecule has 0 aliphatic heterocycles. The van der Waals surface area contributed by atoms with E-state index in [0.717, 1.165) is 12.8 Å². The fourth-order valence-corrected chi connectivity index (χ4v) is 1.19. The Morgan fingerprint density at radius 2 is 1.62 bits per heavy atom. The van der Waals surface area contributed by atoms with Crippen LogP contribution in [0.2, 0.25) is 0 Å². The third kappa shape index (κ3) is 8.22. The van der Waals surface area contributed by atoms with E-state index >= 15 is 0 Å². The average molecular weight is 189 g/mol. The molecule has 3 nitrogen and oxygen atoms in total. The van der Waals surface area contributed by atoms with Crippen molar-refractivity contribution in [1.82, 2.24) is 5.32 Å². The summed E-state index contributed by atoms with van der Waals surface area (Å²) in [5.41, 5.74) is 0. The maximum absolute atomic E-state index is 9.46. The van der Waals surface area contributed by atoms with Crippen LogP contribution in [-0.4, -0.2) is 35.5 Å². The van der Waals surface area contributed by atoms with E-state index in [2.05, 4.69) is 19.2 Å². The number of aliphatic hydroxyl groups excluding tert-OH is 2. The monoisotopic (exact) mass is 189 g/mol. The fourth-order valence-electron chi connectivity index (χ4n) is 1.19. The van der Waals surface area contributed by atoms with E-state index in [1.54, 1.807) is 0 Å². The lowest BCUT2D eigenvalue weighted by atomic mass is 10.1. The molecule has 3 N–H and O–H groups in total. The zero-order valence-electron chi connectivity index (χ0n) is 8.95. The largest absolute Gasteiger partial charge is 0.392 e. The van der Waals surface area contributed by atoms with E-state index in [0.29, 0.717) is 19.0 Å². The second-order valence-electron chi connectivity index (χ2n) is 4.00. The van der Waals surface area contributed by atoms with E-state index in [1.807, 2.05) is 6.92 Å². The summed E-state index contributed by atoms with van der Waals surface area (Å²) < 4.78 is 0. The van der Waals surface area contributed by atoms with Crippen molar-refractivity contribution in [2.24, 2.45) is 5.92 Å². The van der Waals surface area contributed by atoms with Gasteiger partial charge in [0.2, 0.25) is 0 Å². The molecule has 0 aromatic carbocycles. The molecule has 0 fully saturated rings. The van der Waals surface area contributed by atoms with Crippen LogP contribution >= 0.6 is 0 Å². The van der Waals surface area contributed by atoms with Gasteiger partial charge in [0.05, 0.1) is 12.2 Å². The fraction of sp³-hybridized carbons (Fsp3) is 1.00. The number of hydrogen-bond acceptors (Lipinski definition) is 3.